The number of para-hydroxylation sites is 1. The summed E-state index contributed by atoms with van der Waals surface area (Å²) in [7, 11) is 7.52. The summed E-state index contributed by atoms with van der Waals surface area (Å²) in [6.45, 7) is 1.89. The van der Waals surface area contributed by atoms with Crippen molar-refractivity contribution in [3.05, 3.63) is 101 Å². The molecule has 3 N–H and O–H groups in total. The molecule has 0 spiro atoms. The van der Waals surface area contributed by atoms with Crippen molar-refractivity contribution in [3.63, 3.8) is 0 Å². The number of aromatic nitrogens is 1. The lowest BCUT2D eigenvalue weighted by molar-refractivity contribution is -0.138. The molecule has 0 aliphatic heterocycles. The molecule has 256 valence electrons. The Bertz CT molecular complexity index is 1830. The number of carboxylic acids is 1. The zero-order valence-electron chi connectivity index (χ0n) is 28.1. The number of rotatable bonds is 13. The van der Waals surface area contributed by atoms with Crippen LogP contribution in [0.2, 0.25) is 0 Å². The number of aliphatic carboxylic acids is 1. The molecule has 13 heteroatoms. The Labute approximate surface area is 284 Å². The first-order chi connectivity index (χ1) is 23.4. The summed E-state index contributed by atoms with van der Waals surface area (Å²) < 4.78 is 16.0. The number of anilines is 3. The van der Waals surface area contributed by atoms with Gasteiger partial charge < -0.3 is 39.8 Å². The summed E-state index contributed by atoms with van der Waals surface area (Å²) in [6.07, 6.45) is 1.09. The largest absolute Gasteiger partial charge is 0.495 e. The zero-order valence-corrected chi connectivity index (χ0v) is 28.1. The highest BCUT2D eigenvalue weighted by molar-refractivity contribution is 6.01. The van der Waals surface area contributed by atoms with E-state index in [1.165, 1.54) is 50.4 Å². The first-order valence-electron chi connectivity index (χ1n) is 15.2. The lowest BCUT2D eigenvalue weighted by Crippen LogP contribution is -2.33. The molecular formula is C36H39N5O8. The van der Waals surface area contributed by atoms with Gasteiger partial charge in [-0.3, -0.25) is 19.4 Å². The lowest BCUT2D eigenvalue weighted by Gasteiger charge is -2.27. The fourth-order valence-electron chi connectivity index (χ4n) is 5.09. The third-order valence-electron chi connectivity index (χ3n) is 7.92. The van der Waals surface area contributed by atoms with E-state index in [-0.39, 0.29) is 17.9 Å². The molecule has 0 radical (unpaired) electrons. The maximum atomic E-state index is 13.4. The van der Waals surface area contributed by atoms with Crippen molar-refractivity contribution in [2.45, 2.75) is 25.8 Å². The van der Waals surface area contributed by atoms with E-state index in [1.54, 1.807) is 55.6 Å². The molecule has 4 amide bonds. The normalized spacial score (nSPS) is 11.1. The fourth-order valence-corrected chi connectivity index (χ4v) is 5.09. The molecule has 0 saturated heterocycles. The van der Waals surface area contributed by atoms with E-state index >= 15 is 0 Å². The third kappa shape index (κ3) is 8.83. The van der Waals surface area contributed by atoms with Crippen LogP contribution in [0.25, 0.3) is 0 Å². The smallest absolute Gasteiger partial charge is 0.323 e. The Balaban J connectivity index is 1.44. The monoisotopic (exact) mass is 669 g/mol. The van der Waals surface area contributed by atoms with Crippen LogP contribution in [0.4, 0.5) is 21.9 Å². The van der Waals surface area contributed by atoms with Crippen molar-refractivity contribution < 1.29 is 38.5 Å². The molecule has 3 aromatic carbocycles. The molecule has 1 atom stereocenters. The number of ether oxygens (including phenoxy) is 3. The molecule has 0 fully saturated rings. The summed E-state index contributed by atoms with van der Waals surface area (Å²) in [4.78, 5) is 58.2. The SMILES string of the molecule is COc1cc(CC(=O)N(C)c2ccc(C(CC(=O)O)N(C)C(=O)c3ccc(OC)c(OC)c3)nc2)ccc1NC(=O)Nc1ccccc1C. The van der Waals surface area contributed by atoms with E-state index in [0.717, 1.165) is 5.56 Å². The number of urea groups is 1. The van der Waals surface area contributed by atoms with E-state index in [2.05, 4.69) is 15.6 Å². The van der Waals surface area contributed by atoms with Crippen molar-refractivity contribution in [1.29, 1.82) is 0 Å². The Morgan fingerprint density at radius 1 is 0.816 bits per heavy atom. The minimum absolute atomic E-state index is 0.0223. The van der Waals surface area contributed by atoms with E-state index < -0.39 is 30.4 Å². The first kappa shape index (κ1) is 35.7. The summed E-state index contributed by atoms with van der Waals surface area (Å²) in [6, 6.07) is 19.1. The van der Waals surface area contributed by atoms with Crippen LogP contribution < -0.4 is 29.7 Å². The number of pyridine rings is 1. The number of nitrogens with zero attached hydrogens (tertiary/aromatic N) is 3. The van der Waals surface area contributed by atoms with Crippen LogP contribution >= 0.6 is 0 Å². The highest BCUT2D eigenvalue weighted by Gasteiger charge is 2.27. The molecule has 1 aromatic heterocycles. The number of hydrogen-bond donors (Lipinski definition) is 3. The molecular weight excluding hydrogens is 630 g/mol. The first-order valence-corrected chi connectivity index (χ1v) is 15.2. The predicted molar refractivity (Wildman–Crippen MR) is 185 cm³/mol. The summed E-state index contributed by atoms with van der Waals surface area (Å²) in [5.41, 5.74) is 3.77. The number of carbonyl (C=O) groups is 4. The Morgan fingerprint density at radius 3 is 2.14 bits per heavy atom. The molecule has 4 rings (SSSR count). The fraction of sp³-hybridized carbons (Fsp3) is 0.250. The highest BCUT2D eigenvalue weighted by atomic mass is 16.5. The molecule has 49 heavy (non-hydrogen) atoms. The van der Waals surface area contributed by atoms with E-state index in [9.17, 15) is 24.3 Å². The Morgan fingerprint density at radius 2 is 1.51 bits per heavy atom. The van der Waals surface area contributed by atoms with Gasteiger partial charge in [0, 0.05) is 25.3 Å². The molecule has 4 aromatic rings. The van der Waals surface area contributed by atoms with Crippen molar-refractivity contribution >= 4 is 40.9 Å². The van der Waals surface area contributed by atoms with Gasteiger partial charge in [-0.25, -0.2) is 4.79 Å². The van der Waals surface area contributed by atoms with Crippen molar-refractivity contribution in [3.8, 4) is 17.2 Å². The summed E-state index contributed by atoms with van der Waals surface area (Å²) in [5.74, 6) is -0.606. The van der Waals surface area contributed by atoms with Gasteiger partial charge in [-0.05, 0) is 66.6 Å². The van der Waals surface area contributed by atoms with Crippen LogP contribution in [0.3, 0.4) is 0 Å². The maximum Gasteiger partial charge on any atom is 0.323 e. The highest BCUT2D eigenvalue weighted by Crippen LogP contribution is 2.31. The number of carboxylic acid groups (broad SMARTS) is 1. The number of amides is 4. The van der Waals surface area contributed by atoms with Crippen LogP contribution in [-0.2, 0) is 16.0 Å². The summed E-state index contributed by atoms with van der Waals surface area (Å²) >= 11 is 0. The predicted octanol–water partition coefficient (Wildman–Crippen LogP) is 5.55. The second kappa shape index (κ2) is 16.1. The van der Waals surface area contributed by atoms with Crippen LogP contribution in [0.5, 0.6) is 17.2 Å². The Kier molecular flexibility index (Phi) is 11.8. The minimum atomic E-state index is -1.11. The lowest BCUT2D eigenvalue weighted by atomic mass is 10.1. The molecule has 1 heterocycles. The second-order valence-electron chi connectivity index (χ2n) is 11.1. The van der Waals surface area contributed by atoms with Gasteiger partial charge in [0.25, 0.3) is 5.91 Å². The van der Waals surface area contributed by atoms with Crippen LogP contribution in [0, 0.1) is 6.92 Å². The van der Waals surface area contributed by atoms with Crippen molar-refractivity contribution in [2.24, 2.45) is 0 Å². The summed E-state index contributed by atoms with van der Waals surface area (Å²) in [5, 5.41) is 15.2. The van der Waals surface area contributed by atoms with E-state index in [4.69, 9.17) is 14.2 Å². The van der Waals surface area contributed by atoms with E-state index in [1.807, 2.05) is 25.1 Å². The Hall–Kier alpha value is -6.11. The van der Waals surface area contributed by atoms with Gasteiger partial charge in [0.05, 0.1) is 63.5 Å². The van der Waals surface area contributed by atoms with Crippen LogP contribution in [-0.4, -0.2) is 74.2 Å². The van der Waals surface area contributed by atoms with Gasteiger partial charge in [0.15, 0.2) is 11.5 Å². The van der Waals surface area contributed by atoms with Gasteiger partial charge in [-0.15, -0.1) is 0 Å². The van der Waals surface area contributed by atoms with Gasteiger partial charge >= 0.3 is 12.0 Å². The maximum absolute atomic E-state index is 13.4. The molecule has 0 aliphatic rings. The average molecular weight is 670 g/mol. The van der Waals surface area contributed by atoms with Crippen LogP contribution in [0.15, 0.2) is 79.0 Å². The van der Waals surface area contributed by atoms with E-state index in [0.29, 0.717) is 45.6 Å². The van der Waals surface area contributed by atoms with Gasteiger partial charge in [-0.2, -0.15) is 0 Å². The second-order valence-corrected chi connectivity index (χ2v) is 11.1. The topological polar surface area (TPSA) is 160 Å². The number of nitrogens with one attached hydrogen (secondary N) is 2. The number of carbonyl (C=O) groups excluding carboxylic acids is 3. The number of likely N-dealkylation sites (N-methyl/N-ethyl adjacent to an activating group) is 1. The van der Waals surface area contributed by atoms with Crippen molar-refractivity contribution in [1.82, 2.24) is 9.88 Å². The molecule has 1 unspecified atom stereocenters. The van der Waals surface area contributed by atoms with Gasteiger partial charge in [-0.1, -0.05) is 24.3 Å². The molecule has 0 aliphatic carbocycles. The van der Waals surface area contributed by atoms with Crippen molar-refractivity contribution in [2.75, 3.05) is 51.0 Å². The average Bonchev–Trinajstić information content (AvgIpc) is 3.10. The molecule has 13 nitrogen and oxygen atoms in total. The number of benzene rings is 3. The minimum Gasteiger partial charge on any atom is -0.495 e. The number of methoxy groups -OCH3 is 3. The number of aryl methyl sites for hydroxylation is 1. The molecule has 0 saturated carbocycles. The zero-order chi connectivity index (χ0) is 35.7. The third-order valence-corrected chi connectivity index (χ3v) is 7.92. The molecule has 0 bridgehead atoms. The standard InChI is InChI=1S/C36H39N5O8/c1-22-9-7-8-10-26(22)38-36(46)39-28-14-11-23(17-31(28)48-5)18-33(42)40(2)25-13-15-27(37-21-25)29(20-34(43)44)41(3)35(45)24-12-16-30(47-4)32(19-24)49-6/h7-17,19,21,29H,18,20H2,1-6H3,(H,43,44)(H2,38,39,46). The van der Waals surface area contributed by atoms with Crippen LogP contribution in [0.1, 0.15) is 39.6 Å². The van der Waals surface area contributed by atoms with Gasteiger partial charge in [0.1, 0.15) is 5.75 Å². The number of hydrogen-bond acceptors (Lipinski definition) is 8. The quantitative estimate of drug-likeness (QED) is 0.166. The van der Waals surface area contributed by atoms with Gasteiger partial charge in [0.2, 0.25) is 5.91 Å².